The Hall–Kier alpha value is -1.84. The normalized spacial score (nSPS) is 12.5. The quantitative estimate of drug-likeness (QED) is 0.746. The maximum Gasteiger partial charge on any atom is 0.125 e. The van der Waals surface area contributed by atoms with E-state index in [0.29, 0.717) is 6.61 Å². The molecule has 0 fully saturated rings. The summed E-state index contributed by atoms with van der Waals surface area (Å²) in [5.41, 5.74) is 3.15. The van der Waals surface area contributed by atoms with Crippen LogP contribution in [0.2, 0.25) is 0 Å². The lowest BCUT2D eigenvalue weighted by atomic mass is 10.1. The number of fused-ring (bicyclic) bond motifs is 1. The number of aliphatic hydroxyl groups is 1. The maximum atomic E-state index is 9.85. The van der Waals surface area contributed by atoms with E-state index in [1.54, 1.807) is 18.3 Å². The van der Waals surface area contributed by atoms with E-state index in [1.165, 1.54) is 15.6 Å². The zero-order valence-electron chi connectivity index (χ0n) is 12.2. The van der Waals surface area contributed by atoms with Crippen LogP contribution in [0.5, 0.6) is 5.75 Å². The van der Waals surface area contributed by atoms with Crippen molar-refractivity contribution in [3.05, 3.63) is 64.5 Å². The molecule has 0 aliphatic rings. The molecule has 1 atom stereocenters. The lowest BCUT2D eigenvalue weighted by Crippen LogP contribution is -2.01. The van der Waals surface area contributed by atoms with E-state index in [-0.39, 0.29) is 0 Å². The van der Waals surface area contributed by atoms with Crippen LogP contribution in [-0.2, 0) is 6.61 Å². The van der Waals surface area contributed by atoms with E-state index >= 15 is 0 Å². The molecule has 0 aliphatic heterocycles. The number of aryl methyl sites for hydroxylation is 1. The van der Waals surface area contributed by atoms with E-state index in [1.807, 2.05) is 31.2 Å². The van der Waals surface area contributed by atoms with E-state index in [9.17, 15) is 5.11 Å². The van der Waals surface area contributed by atoms with Crippen LogP contribution in [0.1, 0.15) is 29.7 Å². The summed E-state index contributed by atoms with van der Waals surface area (Å²) >= 11 is 1.73. The number of hydrogen-bond acceptors (Lipinski definition) is 3. The van der Waals surface area contributed by atoms with Crippen LogP contribution in [0.4, 0.5) is 0 Å². The minimum absolute atomic E-state index is 0.521. The van der Waals surface area contributed by atoms with Gasteiger partial charge in [0, 0.05) is 15.8 Å². The Kier molecular flexibility index (Phi) is 3.95. The molecule has 0 spiro atoms. The Morgan fingerprint density at radius 1 is 1.19 bits per heavy atom. The van der Waals surface area contributed by atoms with Crippen LogP contribution in [0, 0.1) is 6.92 Å². The third-order valence-corrected chi connectivity index (χ3v) is 4.58. The smallest absolute Gasteiger partial charge is 0.125 e. The Bertz CT molecular complexity index is 759. The molecule has 21 heavy (non-hydrogen) atoms. The van der Waals surface area contributed by atoms with Gasteiger partial charge >= 0.3 is 0 Å². The van der Waals surface area contributed by atoms with Crippen molar-refractivity contribution in [2.45, 2.75) is 26.6 Å². The average Bonchev–Trinajstić information content (AvgIpc) is 2.88. The maximum absolute atomic E-state index is 9.85. The van der Waals surface area contributed by atoms with E-state index < -0.39 is 6.10 Å². The van der Waals surface area contributed by atoms with Gasteiger partial charge in [-0.05, 0) is 42.3 Å². The van der Waals surface area contributed by atoms with Gasteiger partial charge in [-0.25, -0.2) is 0 Å². The van der Waals surface area contributed by atoms with E-state index in [2.05, 4.69) is 23.6 Å². The molecule has 0 amide bonds. The Morgan fingerprint density at radius 3 is 2.81 bits per heavy atom. The SMILES string of the molecule is Cc1ccc([C@@H](C)O)c(OCc2csc3ccccc23)c1. The minimum atomic E-state index is -0.528. The topological polar surface area (TPSA) is 29.5 Å². The predicted octanol–water partition coefficient (Wildman–Crippen LogP) is 4.84. The number of rotatable bonds is 4. The molecular formula is C18H18O2S. The lowest BCUT2D eigenvalue weighted by Gasteiger charge is -2.14. The van der Waals surface area contributed by atoms with Crippen molar-refractivity contribution in [1.29, 1.82) is 0 Å². The molecule has 0 radical (unpaired) electrons. The van der Waals surface area contributed by atoms with Crippen LogP contribution in [0.25, 0.3) is 10.1 Å². The van der Waals surface area contributed by atoms with Crippen molar-refractivity contribution in [1.82, 2.24) is 0 Å². The summed E-state index contributed by atoms with van der Waals surface area (Å²) in [6, 6.07) is 14.3. The summed E-state index contributed by atoms with van der Waals surface area (Å²) in [7, 11) is 0. The zero-order chi connectivity index (χ0) is 14.8. The standard InChI is InChI=1S/C18H18O2S/c1-12-7-8-15(13(2)19)17(9-12)20-10-14-11-21-18-6-4-3-5-16(14)18/h3-9,11,13,19H,10H2,1-2H3/t13-/m1/s1. The summed E-state index contributed by atoms with van der Waals surface area (Å²) in [6.07, 6.45) is -0.528. The molecule has 0 saturated carbocycles. The van der Waals surface area contributed by atoms with Crippen LogP contribution < -0.4 is 4.74 Å². The molecule has 1 aromatic heterocycles. The van der Waals surface area contributed by atoms with E-state index in [4.69, 9.17) is 4.74 Å². The number of hydrogen-bond donors (Lipinski definition) is 1. The number of thiophene rings is 1. The van der Waals surface area contributed by atoms with Gasteiger partial charge in [0.25, 0.3) is 0 Å². The molecule has 108 valence electrons. The molecule has 3 aromatic rings. The molecule has 1 heterocycles. The fourth-order valence-corrected chi connectivity index (χ4v) is 3.36. The highest BCUT2D eigenvalue weighted by atomic mass is 32.1. The van der Waals surface area contributed by atoms with Crippen molar-refractivity contribution in [2.24, 2.45) is 0 Å². The van der Waals surface area contributed by atoms with Gasteiger partial charge in [-0.1, -0.05) is 30.3 Å². The Morgan fingerprint density at radius 2 is 2.00 bits per heavy atom. The van der Waals surface area contributed by atoms with Crippen molar-refractivity contribution < 1.29 is 9.84 Å². The van der Waals surface area contributed by atoms with Crippen molar-refractivity contribution >= 4 is 21.4 Å². The van der Waals surface area contributed by atoms with E-state index in [0.717, 1.165) is 16.9 Å². The van der Waals surface area contributed by atoms with Crippen LogP contribution in [0.3, 0.4) is 0 Å². The van der Waals surface area contributed by atoms with Gasteiger partial charge in [-0.2, -0.15) is 0 Å². The van der Waals surface area contributed by atoms with Gasteiger partial charge in [-0.3, -0.25) is 0 Å². The highest BCUT2D eigenvalue weighted by molar-refractivity contribution is 7.17. The molecule has 0 bridgehead atoms. The van der Waals surface area contributed by atoms with Crippen molar-refractivity contribution in [3.63, 3.8) is 0 Å². The number of ether oxygens (including phenoxy) is 1. The lowest BCUT2D eigenvalue weighted by molar-refractivity contribution is 0.190. The zero-order valence-corrected chi connectivity index (χ0v) is 13.0. The first kappa shape index (κ1) is 14.1. The van der Waals surface area contributed by atoms with Crippen LogP contribution in [0.15, 0.2) is 47.8 Å². The van der Waals surface area contributed by atoms with Gasteiger partial charge in [0.15, 0.2) is 0 Å². The molecule has 0 aliphatic carbocycles. The van der Waals surface area contributed by atoms with Gasteiger partial charge in [0.05, 0.1) is 6.10 Å². The minimum Gasteiger partial charge on any atom is -0.488 e. The first-order valence-corrected chi connectivity index (χ1v) is 7.89. The molecule has 0 saturated heterocycles. The monoisotopic (exact) mass is 298 g/mol. The summed E-state index contributed by atoms with van der Waals surface area (Å²) in [5.74, 6) is 0.764. The third-order valence-electron chi connectivity index (χ3n) is 3.56. The molecule has 2 nitrogen and oxygen atoms in total. The second kappa shape index (κ2) is 5.88. The fraction of sp³-hybridized carbons (Fsp3) is 0.222. The second-order valence-corrected chi connectivity index (χ2v) is 6.17. The van der Waals surface area contributed by atoms with Crippen molar-refractivity contribution in [3.8, 4) is 5.75 Å². The summed E-state index contributed by atoms with van der Waals surface area (Å²) < 4.78 is 7.25. The van der Waals surface area contributed by atoms with Gasteiger partial charge in [0.2, 0.25) is 0 Å². The highest BCUT2D eigenvalue weighted by Crippen LogP contribution is 2.30. The Labute approximate surface area is 128 Å². The largest absolute Gasteiger partial charge is 0.488 e. The van der Waals surface area contributed by atoms with Crippen molar-refractivity contribution in [2.75, 3.05) is 0 Å². The number of benzene rings is 2. The first-order chi connectivity index (χ1) is 10.1. The molecule has 0 unspecified atom stereocenters. The fourth-order valence-electron chi connectivity index (χ4n) is 2.41. The van der Waals surface area contributed by atoms with Crippen LogP contribution in [-0.4, -0.2) is 5.11 Å². The van der Waals surface area contributed by atoms with Crippen LogP contribution >= 0.6 is 11.3 Å². The molecule has 3 heteroatoms. The molecule has 3 rings (SSSR count). The third kappa shape index (κ3) is 2.94. The number of aliphatic hydroxyl groups excluding tert-OH is 1. The predicted molar refractivity (Wildman–Crippen MR) is 88.0 cm³/mol. The molecule has 1 N–H and O–H groups in total. The van der Waals surface area contributed by atoms with Gasteiger partial charge in [0.1, 0.15) is 12.4 Å². The summed E-state index contributed by atoms with van der Waals surface area (Å²) in [5, 5.41) is 13.2. The molecule has 2 aromatic carbocycles. The Balaban J connectivity index is 1.86. The highest BCUT2D eigenvalue weighted by Gasteiger charge is 2.11. The second-order valence-electron chi connectivity index (χ2n) is 5.26. The first-order valence-electron chi connectivity index (χ1n) is 7.01. The average molecular weight is 298 g/mol. The summed E-state index contributed by atoms with van der Waals surface area (Å²) in [6.45, 7) is 4.31. The molecular weight excluding hydrogens is 280 g/mol. The van der Waals surface area contributed by atoms with Gasteiger partial charge in [-0.15, -0.1) is 11.3 Å². The summed E-state index contributed by atoms with van der Waals surface area (Å²) in [4.78, 5) is 0. The van der Waals surface area contributed by atoms with Gasteiger partial charge < -0.3 is 9.84 Å².